The van der Waals surface area contributed by atoms with Gasteiger partial charge in [0, 0.05) is 18.8 Å². The minimum Gasteiger partial charge on any atom is -0.372 e. The molecule has 0 aliphatic carbocycles. The number of nitrogens with zero attached hydrogens (tertiary/aromatic N) is 1. The van der Waals surface area contributed by atoms with E-state index in [0.717, 1.165) is 24.7 Å². The number of hydrogen-bond acceptors (Lipinski definition) is 2. The predicted molar refractivity (Wildman–Crippen MR) is 66.8 cm³/mol. The van der Waals surface area contributed by atoms with Crippen LogP contribution >= 0.6 is 0 Å². The molecule has 1 saturated heterocycles. The Balaban J connectivity index is 2.25. The molecule has 1 aliphatic rings. The maximum absolute atomic E-state index is 4.00. The van der Waals surface area contributed by atoms with Crippen molar-refractivity contribution in [3.63, 3.8) is 0 Å². The van der Waals surface area contributed by atoms with E-state index in [1.165, 1.54) is 32.4 Å². The summed E-state index contributed by atoms with van der Waals surface area (Å²) in [6.07, 6.45) is 5.91. The molecular formula is C13H24N2. The monoisotopic (exact) mass is 208 g/mol. The molecule has 0 bridgehead atoms. The molecule has 0 radical (unpaired) electrons. The van der Waals surface area contributed by atoms with Crippen LogP contribution in [0.1, 0.15) is 26.2 Å². The first-order valence-electron chi connectivity index (χ1n) is 5.96. The van der Waals surface area contributed by atoms with Crippen molar-refractivity contribution >= 4 is 0 Å². The highest BCUT2D eigenvalue weighted by Crippen LogP contribution is 2.17. The Bertz CT molecular complexity index is 205. The Morgan fingerprint density at radius 3 is 2.67 bits per heavy atom. The molecule has 0 aromatic rings. The summed E-state index contributed by atoms with van der Waals surface area (Å²) in [4.78, 5) is 2.31. The summed E-state index contributed by atoms with van der Waals surface area (Å²) in [5.41, 5.74) is 1.16. The highest BCUT2D eigenvalue weighted by Gasteiger charge is 2.13. The van der Waals surface area contributed by atoms with Gasteiger partial charge >= 0.3 is 0 Å². The lowest BCUT2D eigenvalue weighted by molar-refractivity contribution is 0.292. The molecule has 0 atom stereocenters. The van der Waals surface area contributed by atoms with Crippen LogP contribution in [-0.4, -0.2) is 31.1 Å². The lowest BCUT2D eigenvalue weighted by Gasteiger charge is -2.28. The van der Waals surface area contributed by atoms with Crippen LogP contribution in [0.3, 0.4) is 0 Å². The Labute approximate surface area is 94.0 Å². The summed E-state index contributed by atoms with van der Waals surface area (Å²) in [7, 11) is 0. The smallest absolute Gasteiger partial charge is 0.0353 e. The van der Waals surface area contributed by atoms with Gasteiger partial charge in [-0.15, -0.1) is 6.58 Å². The number of hydrogen-bond donors (Lipinski definition) is 1. The molecule has 86 valence electrons. The lowest BCUT2D eigenvalue weighted by atomic mass is 9.94. The van der Waals surface area contributed by atoms with Crippen LogP contribution < -0.4 is 5.32 Å². The van der Waals surface area contributed by atoms with E-state index >= 15 is 0 Å². The molecule has 2 nitrogen and oxygen atoms in total. The Hall–Kier alpha value is -0.760. The minimum absolute atomic E-state index is 0.901. The standard InChI is InChI=1S/C13H24N2/c1-4-10-15(12(2)3)11-7-13-5-8-14-9-6-13/h4,13-14H,1-2,5-11H2,3H3. The quantitative estimate of drug-likeness (QED) is 0.674. The van der Waals surface area contributed by atoms with Gasteiger partial charge in [-0.3, -0.25) is 0 Å². The van der Waals surface area contributed by atoms with Crippen molar-refractivity contribution in [1.82, 2.24) is 10.2 Å². The first-order chi connectivity index (χ1) is 7.24. The molecule has 0 saturated carbocycles. The highest BCUT2D eigenvalue weighted by molar-refractivity contribution is 4.92. The second-order valence-electron chi connectivity index (χ2n) is 4.45. The van der Waals surface area contributed by atoms with E-state index in [-0.39, 0.29) is 0 Å². The topological polar surface area (TPSA) is 15.3 Å². The summed E-state index contributed by atoms with van der Waals surface area (Å²) in [5.74, 6) is 0.901. The largest absolute Gasteiger partial charge is 0.372 e. The molecule has 1 fully saturated rings. The Kier molecular flexibility index (Phi) is 5.48. The molecule has 0 aromatic heterocycles. The van der Waals surface area contributed by atoms with Gasteiger partial charge in [0.05, 0.1) is 0 Å². The molecule has 1 rings (SSSR count). The Morgan fingerprint density at radius 1 is 1.47 bits per heavy atom. The zero-order valence-electron chi connectivity index (χ0n) is 9.97. The van der Waals surface area contributed by atoms with E-state index in [1.807, 2.05) is 6.08 Å². The van der Waals surface area contributed by atoms with Crippen LogP contribution in [0.25, 0.3) is 0 Å². The molecule has 1 N–H and O–H groups in total. The fraction of sp³-hybridized carbons (Fsp3) is 0.692. The van der Waals surface area contributed by atoms with Gasteiger partial charge in [0.2, 0.25) is 0 Å². The predicted octanol–water partition coefficient (Wildman–Crippen LogP) is 2.40. The molecular weight excluding hydrogens is 184 g/mol. The third-order valence-electron chi connectivity index (χ3n) is 3.16. The van der Waals surface area contributed by atoms with Crippen LogP contribution in [0, 0.1) is 5.92 Å². The van der Waals surface area contributed by atoms with E-state index in [0.29, 0.717) is 0 Å². The van der Waals surface area contributed by atoms with Crippen molar-refractivity contribution in [1.29, 1.82) is 0 Å². The van der Waals surface area contributed by atoms with Crippen molar-refractivity contribution in [2.45, 2.75) is 26.2 Å². The average molecular weight is 208 g/mol. The van der Waals surface area contributed by atoms with Gasteiger partial charge in [-0.1, -0.05) is 12.7 Å². The number of allylic oxidation sites excluding steroid dienone is 1. The summed E-state index contributed by atoms with van der Waals surface area (Å²) in [5, 5.41) is 3.40. The van der Waals surface area contributed by atoms with Crippen LogP contribution in [0.15, 0.2) is 24.9 Å². The van der Waals surface area contributed by atoms with Gasteiger partial charge < -0.3 is 10.2 Å². The van der Waals surface area contributed by atoms with Crippen molar-refractivity contribution in [3.05, 3.63) is 24.9 Å². The van der Waals surface area contributed by atoms with Gasteiger partial charge in [-0.25, -0.2) is 0 Å². The number of rotatable bonds is 6. The van der Waals surface area contributed by atoms with E-state index in [9.17, 15) is 0 Å². The first-order valence-corrected chi connectivity index (χ1v) is 5.96. The first kappa shape index (κ1) is 12.3. The van der Waals surface area contributed by atoms with Gasteiger partial charge in [0.15, 0.2) is 0 Å². The van der Waals surface area contributed by atoms with Crippen molar-refractivity contribution in [2.24, 2.45) is 5.92 Å². The normalized spacial score (nSPS) is 17.4. The van der Waals surface area contributed by atoms with Gasteiger partial charge in [0.25, 0.3) is 0 Å². The molecule has 0 aromatic carbocycles. The third kappa shape index (κ3) is 4.52. The lowest BCUT2D eigenvalue weighted by Crippen LogP contribution is -2.30. The molecule has 0 spiro atoms. The van der Waals surface area contributed by atoms with Gasteiger partial charge in [-0.2, -0.15) is 0 Å². The molecule has 2 heteroatoms. The summed E-state index contributed by atoms with van der Waals surface area (Å²) >= 11 is 0. The number of nitrogens with one attached hydrogen (secondary N) is 1. The summed E-state index contributed by atoms with van der Waals surface area (Å²) in [6.45, 7) is 14.3. The van der Waals surface area contributed by atoms with Crippen molar-refractivity contribution in [3.8, 4) is 0 Å². The number of piperidine rings is 1. The zero-order chi connectivity index (χ0) is 11.1. The second kappa shape index (κ2) is 6.67. The SMILES string of the molecule is C=CCN(CCC1CCNCC1)C(=C)C. The second-order valence-corrected chi connectivity index (χ2v) is 4.45. The van der Waals surface area contributed by atoms with Gasteiger partial charge in [-0.05, 0) is 45.2 Å². The van der Waals surface area contributed by atoms with E-state index in [2.05, 4.69) is 30.3 Å². The van der Waals surface area contributed by atoms with Crippen LogP contribution in [0.4, 0.5) is 0 Å². The molecule has 0 amide bonds. The average Bonchev–Trinajstić information content (AvgIpc) is 2.25. The van der Waals surface area contributed by atoms with Crippen molar-refractivity contribution < 1.29 is 0 Å². The van der Waals surface area contributed by atoms with E-state index in [1.54, 1.807) is 0 Å². The maximum Gasteiger partial charge on any atom is 0.0353 e. The zero-order valence-corrected chi connectivity index (χ0v) is 9.97. The van der Waals surface area contributed by atoms with E-state index in [4.69, 9.17) is 0 Å². The third-order valence-corrected chi connectivity index (χ3v) is 3.16. The molecule has 0 unspecified atom stereocenters. The van der Waals surface area contributed by atoms with Crippen LogP contribution in [0.2, 0.25) is 0 Å². The van der Waals surface area contributed by atoms with Gasteiger partial charge in [0.1, 0.15) is 0 Å². The fourth-order valence-electron chi connectivity index (χ4n) is 2.10. The Morgan fingerprint density at radius 2 is 2.13 bits per heavy atom. The van der Waals surface area contributed by atoms with Crippen molar-refractivity contribution in [2.75, 3.05) is 26.2 Å². The molecule has 1 aliphatic heterocycles. The maximum atomic E-state index is 4.00. The molecule has 15 heavy (non-hydrogen) atoms. The summed E-state index contributed by atoms with van der Waals surface area (Å²) < 4.78 is 0. The summed E-state index contributed by atoms with van der Waals surface area (Å²) in [6, 6.07) is 0. The van der Waals surface area contributed by atoms with Crippen LogP contribution in [-0.2, 0) is 0 Å². The highest BCUT2D eigenvalue weighted by atomic mass is 15.1. The fourth-order valence-corrected chi connectivity index (χ4v) is 2.10. The minimum atomic E-state index is 0.901. The molecule has 1 heterocycles. The van der Waals surface area contributed by atoms with E-state index < -0.39 is 0 Å². The van der Waals surface area contributed by atoms with Crippen LogP contribution in [0.5, 0.6) is 0 Å².